The highest BCUT2D eigenvalue weighted by atomic mass is 19.1. The van der Waals surface area contributed by atoms with E-state index in [1.807, 2.05) is 0 Å². The van der Waals surface area contributed by atoms with Gasteiger partial charge in [-0.25, -0.2) is 32.5 Å². The third kappa shape index (κ3) is 3.63. The van der Waals surface area contributed by atoms with Crippen molar-refractivity contribution in [3.63, 3.8) is 0 Å². The fourth-order valence-electron chi connectivity index (χ4n) is 2.26. The first-order chi connectivity index (χ1) is 11.9. The van der Waals surface area contributed by atoms with Crippen LogP contribution in [0.1, 0.15) is 10.4 Å². The predicted molar refractivity (Wildman–Crippen MR) is 90.3 cm³/mol. The molecule has 0 atom stereocenters. The van der Waals surface area contributed by atoms with Gasteiger partial charge in [-0.1, -0.05) is 12.2 Å². The number of hydrogen-bond donors (Lipinski definition) is 0. The molecule has 7 nitrogen and oxygen atoms in total. The van der Waals surface area contributed by atoms with Gasteiger partial charge in [0.2, 0.25) is 0 Å². The molecule has 0 spiro atoms. The molecule has 0 N–H and O–H groups in total. The minimum absolute atomic E-state index is 0.111. The number of Topliss-reactive ketones (excluding diaryl/α,β-unsaturated/α-hetero) is 1. The van der Waals surface area contributed by atoms with Crippen molar-refractivity contribution in [2.45, 2.75) is 19.6 Å². The van der Waals surface area contributed by atoms with Crippen molar-refractivity contribution in [1.29, 1.82) is 0 Å². The Morgan fingerprint density at radius 3 is 1.76 bits per heavy atom. The van der Waals surface area contributed by atoms with E-state index >= 15 is 0 Å². The molecule has 0 aliphatic carbocycles. The van der Waals surface area contributed by atoms with Crippen molar-refractivity contribution in [1.82, 2.24) is 13.7 Å². The van der Waals surface area contributed by atoms with Crippen LogP contribution < -0.4 is 17.1 Å². The molecule has 1 heterocycles. The Labute approximate surface area is 141 Å². The van der Waals surface area contributed by atoms with Gasteiger partial charge in [-0.05, 0) is 24.3 Å². The maximum absolute atomic E-state index is 12.9. The van der Waals surface area contributed by atoms with Crippen LogP contribution in [-0.4, -0.2) is 19.5 Å². The molecule has 0 saturated heterocycles. The first-order valence-corrected chi connectivity index (χ1v) is 7.35. The van der Waals surface area contributed by atoms with Crippen molar-refractivity contribution in [2.24, 2.45) is 0 Å². The number of rotatable bonds is 7. The predicted octanol–water partition coefficient (Wildman–Crippen LogP) is 0.566. The second-order valence-electron chi connectivity index (χ2n) is 5.16. The highest BCUT2D eigenvalue weighted by Crippen LogP contribution is 2.04. The Bertz CT molecular complexity index is 948. The summed E-state index contributed by atoms with van der Waals surface area (Å²) in [6.45, 7) is 6.14. The van der Waals surface area contributed by atoms with Crippen molar-refractivity contribution < 1.29 is 9.18 Å². The molecule has 0 amide bonds. The van der Waals surface area contributed by atoms with Crippen LogP contribution in [0.3, 0.4) is 0 Å². The summed E-state index contributed by atoms with van der Waals surface area (Å²) in [6, 6.07) is 4.71. The number of aromatic nitrogens is 3. The van der Waals surface area contributed by atoms with Crippen LogP contribution in [-0.2, 0) is 19.6 Å². The summed E-state index contributed by atoms with van der Waals surface area (Å²) < 4.78 is 15.2. The minimum Gasteiger partial charge on any atom is -0.292 e. The number of nitrogens with zero attached hydrogens (tertiary/aromatic N) is 3. The maximum Gasteiger partial charge on any atom is 0.337 e. The molecule has 8 heteroatoms. The molecule has 0 aliphatic rings. The summed E-state index contributed by atoms with van der Waals surface area (Å²) in [5.74, 6) is -1.07. The average molecular weight is 345 g/mol. The molecule has 25 heavy (non-hydrogen) atoms. The van der Waals surface area contributed by atoms with Crippen molar-refractivity contribution in [3.05, 3.63) is 92.4 Å². The average Bonchev–Trinajstić information content (AvgIpc) is 2.60. The van der Waals surface area contributed by atoms with Crippen LogP contribution in [0.5, 0.6) is 0 Å². The summed E-state index contributed by atoms with van der Waals surface area (Å²) in [5.41, 5.74) is -2.49. The monoisotopic (exact) mass is 345 g/mol. The van der Waals surface area contributed by atoms with Crippen LogP contribution in [0.4, 0.5) is 4.39 Å². The molecule has 1 aromatic carbocycles. The lowest BCUT2D eigenvalue weighted by atomic mass is 10.1. The van der Waals surface area contributed by atoms with Crippen LogP contribution in [0.25, 0.3) is 0 Å². The zero-order chi connectivity index (χ0) is 18.6. The van der Waals surface area contributed by atoms with E-state index in [0.29, 0.717) is 4.57 Å². The number of ketones is 1. The highest BCUT2D eigenvalue weighted by Gasteiger charge is 2.17. The van der Waals surface area contributed by atoms with E-state index in [-0.39, 0.29) is 18.7 Å². The maximum atomic E-state index is 12.9. The van der Waals surface area contributed by atoms with Crippen LogP contribution in [0.2, 0.25) is 0 Å². The van der Waals surface area contributed by atoms with E-state index in [4.69, 9.17) is 0 Å². The van der Waals surface area contributed by atoms with Gasteiger partial charge in [0.25, 0.3) is 0 Å². The Balaban J connectivity index is 2.58. The van der Waals surface area contributed by atoms with Gasteiger partial charge >= 0.3 is 17.1 Å². The Morgan fingerprint density at radius 1 is 0.880 bits per heavy atom. The highest BCUT2D eigenvalue weighted by molar-refractivity contribution is 5.95. The number of halogens is 1. The van der Waals surface area contributed by atoms with Gasteiger partial charge in [-0.2, -0.15) is 0 Å². The smallest absolute Gasteiger partial charge is 0.292 e. The third-order valence-corrected chi connectivity index (χ3v) is 3.48. The van der Waals surface area contributed by atoms with Crippen molar-refractivity contribution in [2.75, 3.05) is 0 Å². The van der Waals surface area contributed by atoms with Gasteiger partial charge in [0.1, 0.15) is 5.82 Å². The lowest BCUT2D eigenvalue weighted by Gasteiger charge is -2.11. The van der Waals surface area contributed by atoms with Crippen LogP contribution in [0, 0.1) is 5.82 Å². The zero-order valence-electron chi connectivity index (χ0n) is 13.4. The SMILES string of the molecule is C=CCn1c(=O)n(CC=C)c(=O)n(CC(=O)c2ccc(F)cc2)c1=O. The van der Waals surface area contributed by atoms with Gasteiger partial charge < -0.3 is 0 Å². The molecule has 2 aromatic rings. The molecule has 2 rings (SSSR count). The van der Waals surface area contributed by atoms with Gasteiger partial charge in [0, 0.05) is 5.56 Å². The molecular formula is C17H16FN3O4. The fraction of sp³-hybridized carbons (Fsp3) is 0.176. The largest absolute Gasteiger partial charge is 0.337 e. The van der Waals surface area contributed by atoms with E-state index in [0.717, 1.165) is 21.3 Å². The molecule has 0 unspecified atom stereocenters. The number of carbonyl (C=O) groups is 1. The molecule has 0 radical (unpaired) electrons. The van der Waals surface area contributed by atoms with E-state index in [9.17, 15) is 23.6 Å². The summed E-state index contributed by atoms with van der Waals surface area (Å²) in [7, 11) is 0. The number of benzene rings is 1. The van der Waals surface area contributed by atoms with Crippen molar-refractivity contribution >= 4 is 5.78 Å². The second-order valence-corrected chi connectivity index (χ2v) is 5.16. The van der Waals surface area contributed by atoms with E-state index in [1.165, 1.54) is 24.3 Å². The van der Waals surface area contributed by atoms with Gasteiger partial charge in [-0.3, -0.25) is 4.79 Å². The lowest BCUT2D eigenvalue weighted by Crippen LogP contribution is -2.55. The molecule has 1 aromatic heterocycles. The number of hydrogen-bond acceptors (Lipinski definition) is 4. The second kappa shape index (κ2) is 7.52. The summed E-state index contributed by atoms with van der Waals surface area (Å²) >= 11 is 0. The molecule has 0 aliphatic heterocycles. The van der Waals surface area contributed by atoms with E-state index in [2.05, 4.69) is 13.2 Å². The summed E-state index contributed by atoms with van der Waals surface area (Å²) in [5, 5.41) is 0. The fourth-order valence-corrected chi connectivity index (χ4v) is 2.26. The van der Waals surface area contributed by atoms with Gasteiger partial charge in [-0.15, -0.1) is 13.2 Å². The molecule has 0 bridgehead atoms. The van der Waals surface area contributed by atoms with Crippen LogP contribution in [0.15, 0.2) is 64.0 Å². The Hall–Kier alpha value is -3.29. The zero-order valence-corrected chi connectivity index (χ0v) is 13.4. The first kappa shape index (κ1) is 18.1. The molecule has 130 valence electrons. The van der Waals surface area contributed by atoms with E-state index < -0.39 is 35.2 Å². The Kier molecular flexibility index (Phi) is 5.43. The van der Waals surface area contributed by atoms with Crippen LogP contribution >= 0.6 is 0 Å². The third-order valence-electron chi connectivity index (χ3n) is 3.48. The minimum atomic E-state index is -0.911. The lowest BCUT2D eigenvalue weighted by molar-refractivity contribution is 0.0966. The van der Waals surface area contributed by atoms with Gasteiger partial charge in [0.05, 0.1) is 19.6 Å². The first-order valence-electron chi connectivity index (χ1n) is 7.35. The molecule has 0 saturated carbocycles. The number of carbonyl (C=O) groups excluding carboxylic acids is 1. The molecular weight excluding hydrogens is 329 g/mol. The summed E-state index contributed by atoms with van der Waals surface area (Å²) in [6.07, 6.45) is 2.66. The summed E-state index contributed by atoms with van der Waals surface area (Å²) in [4.78, 5) is 49.3. The normalized spacial score (nSPS) is 10.4. The number of allylic oxidation sites excluding steroid dienone is 2. The topological polar surface area (TPSA) is 83.1 Å². The van der Waals surface area contributed by atoms with Crippen molar-refractivity contribution in [3.8, 4) is 0 Å². The van der Waals surface area contributed by atoms with E-state index in [1.54, 1.807) is 0 Å². The standard InChI is InChI=1S/C17H16FN3O4/c1-3-9-19-15(23)20(10-4-2)17(25)21(16(19)24)11-14(22)12-5-7-13(18)8-6-12/h3-8H,1-2,9-11H2. The Morgan fingerprint density at radius 2 is 1.32 bits per heavy atom. The van der Waals surface area contributed by atoms with Gasteiger partial charge in [0.15, 0.2) is 5.78 Å². The molecule has 0 fully saturated rings. The quantitative estimate of drug-likeness (QED) is 0.542.